The maximum absolute atomic E-state index is 13.5. The molecule has 0 saturated heterocycles. The molecule has 0 aliphatic rings. The van der Waals surface area contributed by atoms with Gasteiger partial charge in [0.25, 0.3) is 0 Å². The number of carbonyl (C=O) groups is 1. The van der Waals surface area contributed by atoms with Crippen LogP contribution in [0.4, 0.5) is 10.1 Å². The summed E-state index contributed by atoms with van der Waals surface area (Å²) in [6.45, 7) is 4.12. The van der Waals surface area contributed by atoms with Crippen LogP contribution in [0, 0.1) is 12.7 Å². The van der Waals surface area contributed by atoms with Crippen LogP contribution in [-0.4, -0.2) is 32.2 Å². The monoisotopic (exact) mass is 254 g/mol. The number of anilines is 1. The number of halogens is 1. The van der Waals surface area contributed by atoms with Crippen LogP contribution in [0.25, 0.3) is 0 Å². The molecule has 18 heavy (non-hydrogen) atoms. The van der Waals surface area contributed by atoms with Gasteiger partial charge in [0.15, 0.2) is 0 Å². The molecule has 0 radical (unpaired) electrons. The first-order valence-corrected chi connectivity index (χ1v) is 5.82. The van der Waals surface area contributed by atoms with Gasteiger partial charge in [0.1, 0.15) is 5.82 Å². The smallest absolute Gasteiger partial charge is 0.239 e. The first kappa shape index (κ1) is 14.4. The van der Waals surface area contributed by atoms with E-state index in [2.05, 4.69) is 10.6 Å². The number of aryl methyl sites for hydroxylation is 1. The molecule has 0 aromatic heterocycles. The van der Waals surface area contributed by atoms with Crippen molar-refractivity contribution < 1.29 is 13.9 Å². The second-order valence-corrected chi connectivity index (χ2v) is 4.21. The number of nitrogens with one attached hydrogen (secondary N) is 2. The summed E-state index contributed by atoms with van der Waals surface area (Å²) in [6, 6.07) is 4.72. The number of amides is 1. The predicted molar refractivity (Wildman–Crippen MR) is 69.1 cm³/mol. The van der Waals surface area contributed by atoms with E-state index in [9.17, 15) is 9.18 Å². The lowest BCUT2D eigenvalue weighted by atomic mass is 10.2. The lowest BCUT2D eigenvalue weighted by molar-refractivity contribution is -0.120. The minimum atomic E-state index is -0.354. The fourth-order valence-electron chi connectivity index (χ4n) is 1.64. The Labute approximate surface area is 107 Å². The number of benzene rings is 1. The molecule has 1 rings (SSSR count). The molecule has 0 aliphatic heterocycles. The van der Waals surface area contributed by atoms with Crippen molar-refractivity contribution in [2.24, 2.45) is 0 Å². The summed E-state index contributed by atoms with van der Waals surface area (Å²) < 4.78 is 18.4. The van der Waals surface area contributed by atoms with Gasteiger partial charge < -0.3 is 15.4 Å². The molecular formula is C13H19FN2O2. The maximum atomic E-state index is 13.5. The van der Waals surface area contributed by atoms with Crippen LogP contribution >= 0.6 is 0 Å². The molecule has 100 valence electrons. The number of hydrogen-bond acceptors (Lipinski definition) is 3. The van der Waals surface area contributed by atoms with Crippen molar-refractivity contribution in [2.75, 3.05) is 25.6 Å². The highest BCUT2D eigenvalue weighted by Gasteiger charge is 2.09. The average molecular weight is 254 g/mol. The van der Waals surface area contributed by atoms with E-state index in [1.165, 1.54) is 6.07 Å². The van der Waals surface area contributed by atoms with Crippen LogP contribution in [0.15, 0.2) is 18.2 Å². The predicted octanol–water partition coefficient (Wildman–Crippen LogP) is 1.70. The van der Waals surface area contributed by atoms with Crippen molar-refractivity contribution in [1.29, 1.82) is 0 Å². The molecule has 0 aliphatic carbocycles. The molecule has 1 unspecified atom stereocenters. The molecular weight excluding hydrogens is 235 g/mol. The van der Waals surface area contributed by atoms with E-state index in [-0.39, 0.29) is 24.3 Å². The van der Waals surface area contributed by atoms with Gasteiger partial charge in [0, 0.05) is 13.2 Å². The first-order chi connectivity index (χ1) is 8.54. The summed E-state index contributed by atoms with van der Waals surface area (Å²) in [5.74, 6) is -0.546. The van der Waals surface area contributed by atoms with Crippen molar-refractivity contribution in [3.05, 3.63) is 29.6 Å². The van der Waals surface area contributed by atoms with E-state index in [1.807, 2.05) is 6.92 Å². The third-order valence-electron chi connectivity index (χ3n) is 2.47. The van der Waals surface area contributed by atoms with Gasteiger partial charge in [-0.2, -0.15) is 0 Å². The average Bonchev–Trinajstić information content (AvgIpc) is 2.28. The van der Waals surface area contributed by atoms with E-state index >= 15 is 0 Å². The summed E-state index contributed by atoms with van der Waals surface area (Å²) in [4.78, 5) is 11.6. The molecule has 1 aromatic rings. The van der Waals surface area contributed by atoms with Gasteiger partial charge in [-0.05, 0) is 25.5 Å². The van der Waals surface area contributed by atoms with Gasteiger partial charge in [-0.1, -0.05) is 12.1 Å². The summed E-state index contributed by atoms with van der Waals surface area (Å²) >= 11 is 0. The molecule has 2 N–H and O–H groups in total. The minimum absolute atomic E-state index is 0.0375. The minimum Gasteiger partial charge on any atom is -0.383 e. The van der Waals surface area contributed by atoms with Gasteiger partial charge in [0.2, 0.25) is 5.91 Å². The third kappa shape index (κ3) is 4.33. The van der Waals surface area contributed by atoms with Crippen LogP contribution in [0.5, 0.6) is 0 Å². The first-order valence-electron chi connectivity index (χ1n) is 5.82. The topological polar surface area (TPSA) is 50.4 Å². The zero-order valence-corrected chi connectivity index (χ0v) is 10.9. The molecule has 0 heterocycles. The Morgan fingerprint density at radius 2 is 2.22 bits per heavy atom. The fourth-order valence-corrected chi connectivity index (χ4v) is 1.64. The Morgan fingerprint density at radius 1 is 1.50 bits per heavy atom. The van der Waals surface area contributed by atoms with E-state index in [0.717, 1.165) is 5.56 Å². The lowest BCUT2D eigenvalue weighted by Crippen LogP contribution is -2.39. The largest absolute Gasteiger partial charge is 0.383 e. The molecule has 0 bridgehead atoms. The van der Waals surface area contributed by atoms with Gasteiger partial charge in [0.05, 0.1) is 18.8 Å². The van der Waals surface area contributed by atoms with E-state index in [4.69, 9.17) is 4.74 Å². The summed E-state index contributed by atoms with van der Waals surface area (Å²) in [5.41, 5.74) is 1.14. The maximum Gasteiger partial charge on any atom is 0.239 e. The summed E-state index contributed by atoms with van der Waals surface area (Å²) in [5, 5.41) is 5.54. The van der Waals surface area contributed by atoms with Crippen molar-refractivity contribution in [2.45, 2.75) is 19.9 Å². The number of carbonyl (C=O) groups excluding carboxylic acids is 1. The molecule has 5 heteroatoms. The van der Waals surface area contributed by atoms with Gasteiger partial charge in [-0.25, -0.2) is 4.39 Å². The molecule has 0 saturated carbocycles. The van der Waals surface area contributed by atoms with Crippen LogP contribution in [-0.2, 0) is 9.53 Å². The zero-order chi connectivity index (χ0) is 13.5. The number of para-hydroxylation sites is 1. The van der Waals surface area contributed by atoms with Crippen LogP contribution in [0.2, 0.25) is 0 Å². The highest BCUT2D eigenvalue weighted by atomic mass is 19.1. The Morgan fingerprint density at radius 3 is 2.83 bits per heavy atom. The SMILES string of the molecule is COCC(C)NC(=O)CNc1c(C)cccc1F. The Balaban J connectivity index is 2.48. The van der Waals surface area contributed by atoms with E-state index in [1.54, 1.807) is 26.2 Å². The summed E-state index contributed by atoms with van der Waals surface area (Å²) in [6.07, 6.45) is 0. The number of ether oxygens (including phenoxy) is 1. The molecule has 1 amide bonds. The molecule has 0 spiro atoms. The molecule has 1 aromatic carbocycles. The van der Waals surface area contributed by atoms with Crippen LogP contribution in [0.1, 0.15) is 12.5 Å². The second kappa shape index (κ2) is 6.96. The van der Waals surface area contributed by atoms with Crippen molar-refractivity contribution in [3.8, 4) is 0 Å². The van der Waals surface area contributed by atoms with Crippen LogP contribution in [0.3, 0.4) is 0 Å². The van der Waals surface area contributed by atoms with Crippen molar-refractivity contribution >= 4 is 11.6 Å². The summed E-state index contributed by atoms with van der Waals surface area (Å²) in [7, 11) is 1.57. The van der Waals surface area contributed by atoms with Crippen molar-refractivity contribution in [3.63, 3.8) is 0 Å². The normalized spacial score (nSPS) is 12.0. The quantitative estimate of drug-likeness (QED) is 0.812. The highest BCUT2D eigenvalue weighted by molar-refractivity contribution is 5.81. The van der Waals surface area contributed by atoms with Crippen molar-refractivity contribution in [1.82, 2.24) is 5.32 Å². The van der Waals surface area contributed by atoms with E-state index < -0.39 is 0 Å². The lowest BCUT2D eigenvalue weighted by Gasteiger charge is -2.14. The second-order valence-electron chi connectivity index (χ2n) is 4.21. The Kier molecular flexibility index (Phi) is 5.58. The Hall–Kier alpha value is -1.62. The number of methoxy groups -OCH3 is 1. The standard InChI is InChI=1S/C13H19FN2O2/c1-9-5-4-6-11(14)13(9)15-7-12(17)16-10(2)8-18-3/h4-6,10,15H,7-8H2,1-3H3,(H,16,17). The number of hydrogen-bond donors (Lipinski definition) is 2. The molecule has 4 nitrogen and oxygen atoms in total. The zero-order valence-electron chi connectivity index (χ0n) is 10.9. The Bertz CT molecular complexity index is 390. The molecule has 1 atom stereocenters. The highest BCUT2D eigenvalue weighted by Crippen LogP contribution is 2.17. The van der Waals surface area contributed by atoms with E-state index in [0.29, 0.717) is 12.3 Å². The van der Waals surface area contributed by atoms with Crippen LogP contribution < -0.4 is 10.6 Å². The fraction of sp³-hybridized carbons (Fsp3) is 0.462. The third-order valence-corrected chi connectivity index (χ3v) is 2.47. The molecule has 0 fully saturated rings. The van der Waals surface area contributed by atoms with Gasteiger partial charge >= 0.3 is 0 Å². The number of rotatable bonds is 6. The van der Waals surface area contributed by atoms with Gasteiger partial charge in [-0.3, -0.25) is 4.79 Å². The van der Waals surface area contributed by atoms with Gasteiger partial charge in [-0.15, -0.1) is 0 Å².